The molecule has 0 amide bonds. The van der Waals surface area contributed by atoms with Gasteiger partial charge in [0.25, 0.3) is 0 Å². The van der Waals surface area contributed by atoms with Crippen LogP contribution in [0.3, 0.4) is 0 Å². The quantitative estimate of drug-likeness (QED) is 0.718. The van der Waals surface area contributed by atoms with E-state index in [4.69, 9.17) is 0 Å². The minimum Gasteiger partial charge on any atom is -0.284 e. The highest BCUT2D eigenvalue weighted by atomic mass is 31.2. The maximum atomic E-state index is 13.6. The molecule has 5 heteroatoms. The van der Waals surface area contributed by atoms with Crippen molar-refractivity contribution in [3.63, 3.8) is 0 Å². The molecule has 0 radical (unpaired) electrons. The third-order valence-corrected chi connectivity index (χ3v) is 7.03. The highest BCUT2D eigenvalue weighted by Gasteiger charge is 2.35. The van der Waals surface area contributed by atoms with Crippen molar-refractivity contribution in [2.45, 2.75) is 27.7 Å². The molecular weight excluding hydrogens is 262 g/mol. The second-order valence-corrected chi connectivity index (χ2v) is 7.03. The maximum absolute atomic E-state index is 13.6. The van der Waals surface area contributed by atoms with Crippen molar-refractivity contribution in [2.75, 3.05) is 26.2 Å². The van der Waals surface area contributed by atoms with Crippen LogP contribution in [0.5, 0.6) is 0 Å². The zero-order chi connectivity index (χ0) is 14.5. The van der Waals surface area contributed by atoms with Crippen LogP contribution in [0.25, 0.3) is 0 Å². The summed E-state index contributed by atoms with van der Waals surface area (Å²) in [6.07, 6.45) is 0. The predicted octanol–water partition coefficient (Wildman–Crippen LogP) is 3.33. The van der Waals surface area contributed by atoms with E-state index in [0.717, 1.165) is 0 Å². The summed E-state index contributed by atoms with van der Waals surface area (Å²) >= 11 is 0. The fourth-order valence-corrected chi connectivity index (χ4v) is 5.44. The van der Waals surface area contributed by atoms with Crippen LogP contribution < -0.4 is 5.30 Å². The normalized spacial score (nSPS) is 12.4. The SMILES string of the molecule is CCN(CC)P(=O)(c1ccc(F)cc1)N(CC)CC. The number of nitrogens with zero attached hydrogens (tertiary/aromatic N) is 2. The Bertz CT molecular complexity index is 412. The largest absolute Gasteiger partial charge is 0.284 e. The lowest BCUT2D eigenvalue weighted by Gasteiger charge is -2.37. The lowest BCUT2D eigenvalue weighted by molar-refractivity contribution is 0.369. The molecule has 0 bridgehead atoms. The first-order valence-corrected chi connectivity index (χ1v) is 8.52. The summed E-state index contributed by atoms with van der Waals surface area (Å²) in [5.41, 5.74) is 0. The molecule has 0 saturated carbocycles. The number of hydrogen-bond donors (Lipinski definition) is 0. The lowest BCUT2D eigenvalue weighted by atomic mass is 10.4. The van der Waals surface area contributed by atoms with Gasteiger partial charge in [-0.05, 0) is 24.3 Å². The Morgan fingerprint density at radius 1 is 0.895 bits per heavy atom. The van der Waals surface area contributed by atoms with Crippen LogP contribution >= 0.6 is 7.44 Å². The molecule has 0 aliphatic heterocycles. The lowest BCUT2D eigenvalue weighted by Crippen LogP contribution is -2.37. The molecule has 1 aromatic rings. The van der Waals surface area contributed by atoms with Crippen molar-refractivity contribution in [1.29, 1.82) is 0 Å². The van der Waals surface area contributed by atoms with E-state index >= 15 is 0 Å². The van der Waals surface area contributed by atoms with Gasteiger partial charge in [0.2, 0.25) is 7.44 Å². The van der Waals surface area contributed by atoms with E-state index in [1.165, 1.54) is 12.1 Å². The van der Waals surface area contributed by atoms with Gasteiger partial charge in [-0.3, -0.25) is 4.57 Å². The Hall–Kier alpha value is -0.700. The van der Waals surface area contributed by atoms with E-state index in [1.54, 1.807) is 12.1 Å². The van der Waals surface area contributed by atoms with Crippen molar-refractivity contribution in [2.24, 2.45) is 0 Å². The van der Waals surface area contributed by atoms with Crippen LogP contribution in [0.15, 0.2) is 24.3 Å². The summed E-state index contributed by atoms with van der Waals surface area (Å²) in [6.45, 7) is 10.9. The van der Waals surface area contributed by atoms with Gasteiger partial charge < -0.3 is 0 Å². The molecule has 0 saturated heterocycles. The topological polar surface area (TPSA) is 23.6 Å². The molecule has 0 atom stereocenters. The molecule has 0 aromatic heterocycles. The predicted molar refractivity (Wildman–Crippen MR) is 79.5 cm³/mol. The van der Waals surface area contributed by atoms with Crippen molar-refractivity contribution < 1.29 is 8.96 Å². The second kappa shape index (κ2) is 7.18. The van der Waals surface area contributed by atoms with E-state index in [2.05, 4.69) is 0 Å². The molecular formula is C14H24FN2OP. The molecule has 0 aliphatic carbocycles. The zero-order valence-corrected chi connectivity index (χ0v) is 13.2. The Labute approximate surface area is 115 Å². The smallest absolute Gasteiger partial charge is 0.245 e. The zero-order valence-electron chi connectivity index (χ0n) is 12.3. The Balaban J connectivity index is 3.33. The van der Waals surface area contributed by atoms with Crippen LogP contribution in [-0.2, 0) is 4.57 Å². The number of rotatable bonds is 7. The first-order valence-electron chi connectivity index (χ1n) is 6.91. The van der Waals surface area contributed by atoms with Crippen molar-refractivity contribution in [3.8, 4) is 0 Å². The van der Waals surface area contributed by atoms with Crippen molar-refractivity contribution in [1.82, 2.24) is 9.34 Å². The highest BCUT2D eigenvalue weighted by Crippen LogP contribution is 2.51. The summed E-state index contributed by atoms with van der Waals surface area (Å²) in [6, 6.07) is 6.06. The van der Waals surface area contributed by atoms with Gasteiger partial charge in [-0.15, -0.1) is 0 Å². The number of hydrogen-bond acceptors (Lipinski definition) is 1. The highest BCUT2D eigenvalue weighted by molar-refractivity contribution is 7.67. The van der Waals surface area contributed by atoms with E-state index in [9.17, 15) is 8.96 Å². The molecule has 0 fully saturated rings. The first kappa shape index (κ1) is 16.4. The Morgan fingerprint density at radius 3 is 1.58 bits per heavy atom. The molecule has 108 valence electrons. The van der Waals surface area contributed by atoms with Crippen LogP contribution in [-0.4, -0.2) is 35.5 Å². The van der Waals surface area contributed by atoms with E-state index in [1.807, 2.05) is 37.0 Å². The van der Waals surface area contributed by atoms with Crippen LogP contribution in [0.2, 0.25) is 0 Å². The fraction of sp³-hybridized carbons (Fsp3) is 0.571. The first-order chi connectivity index (χ1) is 9.04. The van der Waals surface area contributed by atoms with Gasteiger partial charge in [-0.25, -0.2) is 13.7 Å². The van der Waals surface area contributed by atoms with Crippen molar-refractivity contribution >= 4 is 12.7 Å². The molecule has 0 spiro atoms. The van der Waals surface area contributed by atoms with E-state index in [0.29, 0.717) is 31.5 Å². The van der Waals surface area contributed by atoms with Gasteiger partial charge in [-0.2, -0.15) is 0 Å². The minimum atomic E-state index is -2.81. The fourth-order valence-electron chi connectivity index (χ4n) is 2.35. The average molecular weight is 286 g/mol. The molecule has 3 nitrogen and oxygen atoms in total. The van der Waals surface area contributed by atoms with Crippen LogP contribution in [0.4, 0.5) is 4.39 Å². The van der Waals surface area contributed by atoms with E-state index < -0.39 is 7.44 Å². The van der Waals surface area contributed by atoms with Gasteiger partial charge in [0, 0.05) is 31.5 Å². The summed E-state index contributed by atoms with van der Waals surface area (Å²) < 4.78 is 30.6. The monoisotopic (exact) mass is 286 g/mol. The number of halogens is 1. The summed E-state index contributed by atoms with van der Waals surface area (Å²) in [4.78, 5) is 0. The van der Waals surface area contributed by atoms with E-state index in [-0.39, 0.29) is 5.82 Å². The van der Waals surface area contributed by atoms with Crippen molar-refractivity contribution in [3.05, 3.63) is 30.1 Å². The molecule has 1 rings (SSSR count). The summed E-state index contributed by atoms with van der Waals surface area (Å²) in [7, 11) is -2.81. The average Bonchev–Trinajstić information content (AvgIpc) is 2.42. The Morgan fingerprint density at radius 2 is 1.26 bits per heavy atom. The summed E-state index contributed by atoms with van der Waals surface area (Å²) in [5, 5.41) is 0.710. The van der Waals surface area contributed by atoms with Gasteiger partial charge in [0.1, 0.15) is 5.82 Å². The van der Waals surface area contributed by atoms with Crippen LogP contribution in [0.1, 0.15) is 27.7 Å². The standard InChI is InChI=1S/C14H24FN2OP/c1-5-16(6-2)19(18,17(7-3)8-4)14-11-9-13(15)10-12-14/h9-12H,5-8H2,1-4H3. The second-order valence-electron chi connectivity index (χ2n) is 4.30. The van der Waals surface area contributed by atoms with Gasteiger partial charge in [-0.1, -0.05) is 27.7 Å². The summed E-state index contributed by atoms with van der Waals surface area (Å²) in [5.74, 6) is -0.297. The van der Waals surface area contributed by atoms with Gasteiger partial charge >= 0.3 is 0 Å². The molecule has 0 unspecified atom stereocenters. The molecule has 0 aliphatic rings. The van der Waals surface area contributed by atoms with Crippen LogP contribution in [0, 0.1) is 5.82 Å². The third-order valence-electron chi connectivity index (χ3n) is 3.39. The molecule has 1 aromatic carbocycles. The van der Waals surface area contributed by atoms with Gasteiger partial charge in [0.05, 0.1) is 0 Å². The maximum Gasteiger partial charge on any atom is 0.245 e. The molecule has 0 heterocycles. The number of benzene rings is 1. The molecule has 19 heavy (non-hydrogen) atoms. The molecule has 0 N–H and O–H groups in total. The van der Waals surface area contributed by atoms with Gasteiger partial charge in [0.15, 0.2) is 0 Å². The Kier molecular flexibility index (Phi) is 6.18. The third kappa shape index (κ3) is 3.25. The minimum absolute atomic E-state index is 0.297.